The van der Waals surface area contributed by atoms with Crippen molar-refractivity contribution >= 4 is 11.8 Å². The monoisotopic (exact) mass is 289 g/mol. The second-order valence-corrected chi connectivity index (χ2v) is 4.53. The third kappa shape index (κ3) is 3.98. The molecule has 0 saturated heterocycles. The fourth-order valence-corrected chi connectivity index (χ4v) is 1.89. The number of halogens is 1. The molecule has 0 radical (unpaired) electrons. The van der Waals surface area contributed by atoms with Gasteiger partial charge in [-0.1, -0.05) is 6.07 Å². The quantitative estimate of drug-likeness (QED) is 0.856. The topological polar surface area (TPSA) is 64.1 Å². The highest BCUT2D eigenvalue weighted by molar-refractivity contribution is 5.86. The van der Waals surface area contributed by atoms with Gasteiger partial charge >= 0.3 is 5.97 Å². The Labute approximate surface area is 122 Å². The summed E-state index contributed by atoms with van der Waals surface area (Å²) in [5.74, 6) is -0.174. The minimum atomic E-state index is -0.518. The van der Waals surface area contributed by atoms with Crippen LogP contribution in [-0.4, -0.2) is 29.6 Å². The Hall–Kier alpha value is -2.50. The minimum Gasteiger partial charge on any atom is -0.464 e. The first kappa shape index (κ1) is 14.9. The van der Waals surface area contributed by atoms with Crippen molar-refractivity contribution in [2.24, 2.45) is 0 Å². The van der Waals surface area contributed by atoms with Crippen molar-refractivity contribution in [3.63, 3.8) is 0 Å². The molecule has 21 heavy (non-hydrogen) atoms. The molecule has 2 rings (SSSR count). The Balaban J connectivity index is 1.90. The molecule has 1 heterocycles. The Kier molecular flexibility index (Phi) is 4.81. The van der Waals surface area contributed by atoms with Crippen molar-refractivity contribution in [1.82, 2.24) is 9.97 Å². The molecule has 0 spiro atoms. The third-order valence-corrected chi connectivity index (χ3v) is 3.05. The number of anilines is 1. The van der Waals surface area contributed by atoms with Crippen molar-refractivity contribution in [1.29, 1.82) is 0 Å². The molecule has 5 nitrogen and oxygen atoms in total. The van der Waals surface area contributed by atoms with E-state index in [1.807, 2.05) is 6.92 Å². The molecule has 0 fully saturated rings. The van der Waals surface area contributed by atoms with Crippen molar-refractivity contribution in [3.05, 3.63) is 53.2 Å². The summed E-state index contributed by atoms with van der Waals surface area (Å²) in [7, 11) is 1.29. The van der Waals surface area contributed by atoms with Gasteiger partial charge in [0.1, 0.15) is 11.6 Å². The number of methoxy groups -OCH3 is 1. The summed E-state index contributed by atoms with van der Waals surface area (Å²) < 4.78 is 17.5. The smallest absolute Gasteiger partial charge is 0.358 e. The number of esters is 1. The maximum Gasteiger partial charge on any atom is 0.358 e. The van der Waals surface area contributed by atoms with E-state index in [-0.39, 0.29) is 11.5 Å². The van der Waals surface area contributed by atoms with Crippen molar-refractivity contribution in [2.45, 2.75) is 13.3 Å². The Morgan fingerprint density at radius 3 is 2.76 bits per heavy atom. The van der Waals surface area contributed by atoms with Gasteiger partial charge in [0.05, 0.1) is 19.5 Å². The zero-order valence-corrected chi connectivity index (χ0v) is 11.9. The molecule has 0 atom stereocenters. The molecule has 2 aromatic rings. The molecule has 1 N–H and O–H groups in total. The SMILES string of the molecule is COC(=O)c1cnc(NCCc2ccc(F)cc2C)cn1. The summed E-state index contributed by atoms with van der Waals surface area (Å²) in [6.07, 6.45) is 3.58. The van der Waals surface area contributed by atoms with E-state index in [4.69, 9.17) is 0 Å². The second kappa shape index (κ2) is 6.78. The van der Waals surface area contributed by atoms with Crippen LogP contribution < -0.4 is 5.32 Å². The van der Waals surface area contributed by atoms with Crippen LogP contribution in [0.15, 0.2) is 30.6 Å². The number of hydrogen-bond donors (Lipinski definition) is 1. The second-order valence-electron chi connectivity index (χ2n) is 4.53. The van der Waals surface area contributed by atoms with Crippen LogP contribution in [0.3, 0.4) is 0 Å². The number of aryl methyl sites for hydroxylation is 1. The minimum absolute atomic E-state index is 0.164. The van der Waals surface area contributed by atoms with Gasteiger partial charge in [0.25, 0.3) is 0 Å². The molecule has 1 aromatic heterocycles. The van der Waals surface area contributed by atoms with Crippen LogP contribution in [0.1, 0.15) is 21.6 Å². The van der Waals surface area contributed by atoms with Gasteiger partial charge in [-0.15, -0.1) is 0 Å². The number of hydrogen-bond acceptors (Lipinski definition) is 5. The standard InChI is InChI=1S/C15H16FN3O2/c1-10-7-12(16)4-3-11(10)5-6-17-14-9-18-13(8-19-14)15(20)21-2/h3-4,7-9H,5-6H2,1-2H3,(H,17,19). The zero-order chi connectivity index (χ0) is 15.2. The molecule has 0 bridgehead atoms. The van der Waals surface area contributed by atoms with E-state index in [1.54, 1.807) is 6.07 Å². The Morgan fingerprint density at radius 2 is 2.14 bits per heavy atom. The number of nitrogens with one attached hydrogen (secondary N) is 1. The maximum absolute atomic E-state index is 13.0. The number of carbonyl (C=O) groups is 1. The number of ether oxygens (including phenoxy) is 1. The van der Waals surface area contributed by atoms with E-state index in [1.165, 1.54) is 31.6 Å². The van der Waals surface area contributed by atoms with Crippen molar-refractivity contribution < 1.29 is 13.9 Å². The molecular weight excluding hydrogens is 273 g/mol. The maximum atomic E-state index is 13.0. The molecule has 110 valence electrons. The van der Waals surface area contributed by atoms with Crippen LogP contribution >= 0.6 is 0 Å². The van der Waals surface area contributed by atoms with Gasteiger partial charge in [0, 0.05) is 6.54 Å². The Morgan fingerprint density at radius 1 is 1.33 bits per heavy atom. The van der Waals surface area contributed by atoms with Crippen molar-refractivity contribution in [2.75, 3.05) is 19.0 Å². The van der Waals surface area contributed by atoms with E-state index in [0.29, 0.717) is 12.4 Å². The van der Waals surface area contributed by atoms with Gasteiger partial charge in [0.2, 0.25) is 0 Å². The average Bonchev–Trinajstić information content (AvgIpc) is 2.49. The molecule has 0 amide bonds. The first-order chi connectivity index (χ1) is 10.1. The fourth-order valence-electron chi connectivity index (χ4n) is 1.89. The van der Waals surface area contributed by atoms with Crippen LogP contribution in [0.25, 0.3) is 0 Å². The van der Waals surface area contributed by atoms with Gasteiger partial charge in [0.15, 0.2) is 5.69 Å². The lowest BCUT2D eigenvalue weighted by Gasteiger charge is -2.08. The molecule has 1 aromatic carbocycles. The fraction of sp³-hybridized carbons (Fsp3) is 0.267. The summed E-state index contributed by atoms with van der Waals surface area (Å²) in [6, 6.07) is 4.74. The number of aromatic nitrogens is 2. The molecule has 0 aliphatic rings. The van der Waals surface area contributed by atoms with E-state index < -0.39 is 5.97 Å². The summed E-state index contributed by atoms with van der Waals surface area (Å²) in [5, 5.41) is 3.10. The van der Waals surface area contributed by atoms with Crippen molar-refractivity contribution in [3.8, 4) is 0 Å². The molecule has 0 aliphatic carbocycles. The van der Waals surface area contributed by atoms with E-state index >= 15 is 0 Å². The summed E-state index contributed by atoms with van der Waals surface area (Å²) >= 11 is 0. The van der Waals surface area contributed by atoms with Gasteiger partial charge in [-0.3, -0.25) is 0 Å². The number of benzene rings is 1. The van der Waals surface area contributed by atoms with Crippen LogP contribution in [0, 0.1) is 12.7 Å². The molecule has 6 heteroatoms. The lowest BCUT2D eigenvalue weighted by molar-refractivity contribution is 0.0593. The average molecular weight is 289 g/mol. The summed E-state index contributed by atoms with van der Waals surface area (Å²) in [5.41, 5.74) is 2.16. The predicted molar refractivity (Wildman–Crippen MR) is 76.7 cm³/mol. The van der Waals surface area contributed by atoms with Gasteiger partial charge in [-0.25, -0.2) is 19.2 Å². The van der Waals surface area contributed by atoms with E-state index in [2.05, 4.69) is 20.0 Å². The number of carbonyl (C=O) groups excluding carboxylic acids is 1. The van der Waals surface area contributed by atoms with E-state index in [9.17, 15) is 9.18 Å². The lowest BCUT2D eigenvalue weighted by atomic mass is 10.1. The predicted octanol–water partition coefficient (Wildman–Crippen LogP) is 2.37. The van der Waals surface area contributed by atoms with Gasteiger partial charge in [-0.05, 0) is 36.6 Å². The highest BCUT2D eigenvalue weighted by Crippen LogP contribution is 2.11. The molecule has 0 unspecified atom stereocenters. The van der Waals surface area contributed by atoms with Crippen LogP contribution in [-0.2, 0) is 11.2 Å². The summed E-state index contributed by atoms with van der Waals surface area (Å²) in [4.78, 5) is 19.2. The highest BCUT2D eigenvalue weighted by Gasteiger charge is 2.07. The first-order valence-corrected chi connectivity index (χ1v) is 6.49. The van der Waals surface area contributed by atoms with Gasteiger partial charge < -0.3 is 10.1 Å². The largest absolute Gasteiger partial charge is 0.464 e. The Bertz CT molecular complexity index is 629. The number of nitrogens with zero attached hydrogens (tertiary/aromatic N) is 2. The van der Waals surface area contributed by atoms with E-state index in [0.717, 1.165) is 17.5 Å². The molecule has 0 aliphatic heterocycles. The highest BCUT2D eigenvalue weighted by atomic mass is 19.1. The van der Waals surface area contributed by atoms with Crippen LogP contribution in [0.4, 0.5) is 10.2 Å². The first-order valence-electron chi connectivity index (χ1n) is 6.49. The normalized spacial score (nSPS) is 10.2. The summed E-state index contributed by atoms with van der Waals surface area (Å²) in [6.45, 7) is 2.52. The third-order valence-electron chi connectivity index (χ3n) is 3.05. The molecule has 0 saturated carbocycles. The van der Waals surface area contributed by atoms with Gasteiger partial charge in [-0.2, -0.15) is 0 Å². The van der Waals surface area contributed by atoms with Crippen LogP contribution in [0.2, 0.25) is 0 Å². The molecular formula is C15H16FN3O2. The zero-order valence-electron chi connectivity index (χ0n) is 11.9. The van der Waals surface area contributed by atoms with Crippen LogP contribution in [0.5, 0.6) is 0 Å². The lowest BCUT2D eigenvalue weighted by Crippen LogP contribution is -2.10. The number of rotatable bonds is 5.